The molecule has 0 unspecified atom stereocenters. The van der Waals surface area contributed by atoms with Crippen LogP contribution in [-0.2, 0) is 16.2 Å². The number of ether oxygens (including phenoxy) is 2. The summed E-state index contributed by atoms with van der Waals surface area (Å²) in [6.07, 6.45) is 0. The minimum atomic E-state index is -0.493. The molecule has 0 bridgehead atoms. The number of nitrogens with one attached hydrogen (secondary N) is 2. The van der Waals surface area contributed by atoms with E-state index >= 15 is 0 Å². The Morgan fingerprint density at radius 1 is 1.17 bits per heavy atom. The second kappa shape index (κ2) is 8.64. The lowest BCUT2D eigenvalue weighted by molar-refractivity contribution is -0.116. The topological polar surface area (TPSA) is 103 Å². The number of anilines is 1. The van der Waals surface area contributed by atoms with Gasteiger partial charge in [-0.15, -0.1) is 0 Å². The first-order chi connectivity index (χ1) is 16.8. The molecule has 3 heterocycles. The molecule has 2 aliphatic rings. The van der Waals surface area contributed by atoms with Gasteiger partial charge < -0.3 is 24.2 Å². The Labute approximate surface area is 198 Å². The van der Waals surface area contributed by atoms with Gasteiger partial charge in [-0.2, -0.15) is 4.99 Å². The number of hydrogen-bond donors (Lipinski definition) is 2. The fourth-order valence-corrected chi connectivity index (χ4v) is 3.79. The van der Waals surface area contributed by atoms with Crippen molar-refractivity contribution in [2.24, 2.45) is 4.99 Å². The van der Waals surface area contributed by atoms with E-state index in [1.54, 1.807) is 50.2 Å². The highest BCUT2D eigenvalue weighted by atomic mass is 19.1. The number of carbonyl (C=O) groups excluding carboxylic acids is 1. The number of nitrogens with zero attached hydrogens (tertiary/aromatic N) is 2. The number of benzene rings is 2. The van der Waals surface area contributed by atoms with E-state index in [1.807, 2.05) is 0 Å². The summed E-state index contributed by atoms with van der Waals surface area (Å²) < 4.78 is 25.8. The molecule has 0 atom stereocenters. The lowest BCUT2D eigenvalue weighted by Gasteiger charge is -2.11. The highest BCUT2D eigenvalue weighted by Gasteiger charge is 2.21. The van der Waals surface area contributed by atoms with Crippen molar-refractivity contribution in [2.45, 2.75) is 20.4 Å². The van der Waals surface area contributed by atoms with Crippen molar-refractivity contribution < 1.29 is 23.5 Å². The Morgan fingerprint density at radius 3 is 2.77 bits per heavy atom. The summed E-state index contributed by atoms with van der Waals surface area (Å²) >= 11 is 0. The third kappa shape index (κ3) is 4.21. The molecule has 0 saturated heterocycles. The molecule has 0 aliphatic carbocycles. The van der Waals surface area contributed by atoms with Crippen LogP contribution in [0.1, 0.15) is 16.8 Å². The maximum atomic E-state index is 13.8. The van der Waals surface area contributed by atoms with E-state index in [0.717, 1.165) is 0 Å². The van der Waals surface area contributed by atoms with Gasteiger partial charge >= 0.3 is 0 Å². The summed E-state index contributed by atoms with van der Waals surface area (Å²) in [7, 11) is 0. The van der Waals surface area contributed by atoms with Gasteiger partial charge in [0.1, 0.15) is 17.6 Å². The quantitative estimate of drug-likeness (QED) is 0.591. The normalized spacial score (nSPS) is 15.3. The zero-order valence-corrected chi connectivity index (χ0v) is 19.0. The van der Waals surface area contributed by atoms with Crippen LogP contribution < -0.4 is 36.3 Å². The largest absolute Gasteiger partial charge is 0.454 e. The zero-order chi connectivity index (χ0) is 24.7. The monoisotopic (exact) mass is 476 g/mol. The molecular weight excluding hydrogens is 455 g/mol. The van der Waals surface area contributed by atoms with Crippen molar-refractivity contribution in [3.63, 3.8) is 0 Å². The molecule has 1 amide bonds. The fraction of sp³-hybridized carbons (Fsp3) is 0.160. The average molecular weight is 476 g/mol. The van der Waals surface area contributed by atoms with Gasteiger partial charge in [-0.3, -0.25) is 9.59 Å². The number of pyridine rings is 1. The first kappa shape index (κ1) is 22.2. The first-order valence-electron chi connectivity index (χ1n) is 10.7. The summed E-state index contributed by atoms with van der Waals surface area (Å²) in [5, 5.41) is 3.13. The summed E-state index contributed by atoms with van der Waals surface area (Å²) in [5.74, 6) is 0.700. The molecule has 2 aliphatic heterocycles. The van der Waals surface area contributed by atoms with Crippen LogP contribution in [0.3, 0.4) is 0 Å². The van der Waals surface area contributed by atoms with Crippen molar-refractivity contribution in [1.29, 1.82) is 0 Å². The fourth-order valence-electron chi connectivity index (χ4n) is 3.79. The zero-order valence-electron chi connectivity index (χ0n) is 19.0. The lowest BCUT2D eigenvalue weighted by atomic mass is 10.2. The predicted octanol–water partition coefficient (Wildman–Crippen LogP) is 1.43. The summed E-state index contributed by atoms with van der Waals surface area (Å²) in [6, 6.07) is 11.3. The molecule has 2 N–H and O–H groups in total. The van der Waals surface area contributed by atoms with E-state index in [0.29, 0.717) is 45.1 Å². The van der Waals surface area contributed by atoms with E-state index in [-0.39, 0.29) is 24.4 Å². The van der Waals surface area contributed by atoms with Crippen LogP contribution in [0, 0.1) is 19.7 Å². The SMILES string of the molecule is C=c1cc(C)n(CC(=O)Nc2ccc(C)c(F)c2)c(=O)c1=C1N=C(c2ccc3c(c2)OCO3)NO1. The third-order valence-corrected chi connectivity index (χ3v) is 5.66. The van der Waals surface area contributed by atoms with E-state index in [1.165, 1.54) is 10.6 Å². The molecule has 3 aromatic rings. The molecule has 0 saturated carbocycles. The van der Waals surface area contributed by atoms with Gasteiger partial charge in [0.05, 0.1) is 0 Å². The highest BCUT2D eigenvalue weighted by Crippen LogP contribution is 2.32. The summed E-state index contributed by atoms with van der Waals surface area (Å²) in [6.45, 7) is 7.13. The van der Waals surface area contributed by atoms with E-state index < -0.39 is 17.3 Å². The number of carbonyl (C=O) groups is 1. The summed E-state index contributed by atoms with van der Waals surface area (Å²) in [5.41, 5.74) is 4.18. The predicted molar refractivity (Wildman–Crippen MR) is 127 cm³/mol. The molecule has 178 valence electrons. The Bertz CT molecular complexity index is 1580. The van der Waals surface area contributed by atoms with Crippen LogP contribution in [0.15, 0.2) is 52.3 Å². The molecule has 0 radical (unpaired) electrons. The van der Waals surface area contributed by atoms with Crippen LogP contribution in [0.4, 0.5) is 10.1 Å². The van der Waals surface area contributed by atoms with Gasteiger partial charge in [-0.1, -0.05) is 12.6 Å². The molecule has 0 spiro atoms. The van der Waals surface area contributed by atoms with Crippen LogP contribution in [-0.4, -0.2) is 23.1 Å². The second-order valence-corrected chi connectivity index (χ2v) is 8.13. The van der Waals surface area contributed by atoms with Gasteiger partial charge in [0.25, 0.3) is 11.4 Å². The Hall–Kier alpha value is -4.60. The van der Waals surface area contributed by atoms with Crippen LogP contribution in [0.25, 0.3) is 12.5 Å². The maximum absolute atomic E-state index is 13.8. The van der Waals surface area contributed by atoms with Crippen LogP contribution in [0.2, 0.25) is 0 Å². The van der Waals surface area contributed by atoms with Gasteiger partial charge in [0, 0.05) is 16.9 Å². The van der Waals surface area contributed by atoms with Crippen molar-refractivity contribution in [1.82, 2.24) is 10.0 Å². The number of hydroxylamine groups is 1. The number of halogens is 1. The molecule has 1 aromatic heterocycles. The minimum absolute atomic E-state index is 0.0300. The smallest absolute Gasteiger partial charge is 0.264 e. The van der Waals surface area contributed by atoms with Gasteiger partial charge in [-0.25, -0.2) is 9.87 Å². The van der Waals surface area contributed by atoms with Crippen LogP contribution >= 0.6 is 0 Å². The van der Waals surface area contributed by atoms with Crippen LogP contribution in [0.5, 0.6) is 11.5 Å². The van der Waals surface area contributed by atoms with Crippen molar-refractivity contribution in [3.8, 4) is 11.5 Å². The second-order valence-electron chi connectivity index (χ2n) is 8.13. The number of rotatable bonds is 4. The van der Waals surface area contributed by atoms with Crippen molar-refractivity contribution >= 4 is 29.9 Å². The molecular formula is C25H21FN4O5. The average Bonchev–Trinajstić information content (AvgIpc) is 3.48. The minimum Gasteiger partial charge on any atom is -0.454 e. The number of aliphatic imine (C=N–C) groups is 1. The summed E-state index contributed by atoms with van der Waals surface area (Å²) in [4.78, 5) is 35.9. The number of aromatic nitrogens is 1. The van der Waals surface area contributed by atoms with Crippen molar-refractivity contribution in [3.05, 3.63) is 85.9 Å². The number of fused-ring (bicyclic) bond motifs is 1. The van der Waals surface area contributed by atoms with Gasteiger partial charge in [0.2, 0.25) is 12.7 Å². The third-order valence-electron chi connectivity index (χ3n) is 5.66. The standard InChI is InChI=1S/C25H21FN4O5/c1-13-4-6-17(10-18(13)26)27-21(31)11-30-15(3)8-14(2)22(25(30)32)24-28-23(29-35-24)16-5-7-19-20(9-16)34-12-33-19/h4-10H,2,11-12H2,1,3H3,(H,27,31)(H,28,29). The van der Waals surface area contributed by atoms with Crippen molar-refractivity contribution in [2.75, 3.05) is 12.1 Å². The molecule has 10 heteroatoms. The number of amides is 1. The number of hydrogen-bond acceptors (Lipinski definition) is 7. The Morgan fingerprint density at radius 2 is 1.97 bits per heavy atom. The van der Waals surface area contributed by atoms with Gasteiger partial charge in [-0.05, 0) is 61.0 Å². The maximum Gasteiger partial charge on any atom is 0.264 e. The van der Waals surface area contributed by atoms with E-state index in [9.17, 15) is 14.0 Å². The Balaban J connectivity index is 1.48. The van der Waals surface area contributed by atoms with E-state index in [4.69, 9.17) is 14.3 Å². The number of aryl methyl sites for hydroxylation is 2. The molecule has 35 heavy (non-hydrogen) atoms. The molecule has 2 aromatic carbocycles. The molecule has 0 fully saturated rings. The first-order valence-corrected chi connectivity index (χ1v) is 10.7. The van der Waals surface area contributed by atoms with Gasteiger partial charge in [0.15, 0.2) is 17.3 Å². The Kier molecular flexibility index (Phi) is 5.48. The number of amidine groups is 1. The highest BCUT2D eigenvalue weighted by molar-refractivity contribution is 6.02. The molecule has 9 nitrogen and oxygen atoms in total. The van der Waals surface area contributed by atoms with E-state index in [2.05, 4.69) is 22.4 Å². The molecule has 5 rings (SSSR count). The lowest BCUT2D eigenvalue weighted by Crippen LogP contribution is -2.47.